The molecule has 66 valence electrons. The second-order valence-corrected chi connectivity index (χ2v) is 3.66. The molecule has 1 nitrogen and oxygen atoms in total. The first-order valence-electron chi connectivity index (χ1n) is 4.26. The van der Waals surface area contributed by atoms with E-state index in [0.717, 1.165) is 18.5 Å². The molecular weight excluding hydrogens is 214 g/mol. The molecule has 0 aliphatic heterocycles. The minimum Gasteiger partial charge on any atom is -0.398 e. The Morgan fingerprint density at radius 2 is 1.75 bits per heavy atom. The van der Waals surface area contributed by atoms with E-state index in [9.17, 15) is 0 Å². The van der Waals surface area contributed by atoms with Crippen LogP contribution in [0.15, 0.2) is 16.6 Å². The molecule has 0 bridgehead atoms. The van der Waals surface area contributed by atoms with Gasteiger partial charge in [0.2, 0.25) is 0 Å². The van der Waals surface area contributed by atoms with Crippen molar-refractivity contribution >= 4 is 21.6 Å². The fraction of sp³-hybridized carbons (Fsp3) is 0.400. The lowest BCUT2D eigenvalue weighted by atomic mass is 10.0. The molecule has 0 atom stereocenters. The first kappa shape index (κ1) is 9.59. The van der Waals surface area contributed by atoms with Crippen molar-refractivity contribution < 1.29 is 0 Å². The average molecular weight is 228 g/mol. The predicted octanol–water partition coefficient (Wildman–Crippen LogP) is 3.16. The van der Waals surface area contributed by atoms with Gasteiger partial charge < -0.3 is 5.73 Å². The van der Waals surface area contributed by atoms with E-state index >= 15 is 0 Å². The Morgan fingerprint density at radius 1 is 1.17 bits per heavy atom. The van der Waals surface area contributed by atoms with Crippen LogP contribution in [0.4, 0.5) is 5.69 Å². The fourth-order valence-electron chi connectivity index (χ4n) is 1.48. The molecule has 0 aliphatic rings. The summed E-state index contributed by atoms with van der Waals surface area (Å²) in [5.74, 6) is 0. The molecule has 0 aliphatic carbocycles. The van der Waals surface area contributed by atoms with Crippen molar-refractivity contribution in [2.24, 2.45) is 0 Å². The van der Waals surface area contributed by atoms with Gasteiger partial charge in [0, 0.05) is 10.2 Å². The highest BCUT2D eigenvalue weighted by molar-refractivity contribution is 9.10. The predicted molar refractivity (Wildman–Crippen MR) is 57.3 cm³/mol. The molecule has 0 fully saturated rings. The average Bonchev–Trinajstić information content (AvgIpc) is 2.08. The van der Waals surface area contributed by atoms with Crippen LogP contribution >= 0.6 is 15.9 Å². The minimum atomic E-state index is 0.914. The summed E-state index contributed by atoms with van der Waals surface area (Å²) in [7, 11) is 0. The quantitative estimate of drug-likeness (QED) is 0.773. The van der Waals surface area contributed by atoms with Crippen LogP contribution in [0.1, 0.15) is 25.0 Å². The van der Waals surface area contributed by atoms with Gasteiger partial charge in [-0.3, -0.25) is 0 Å². The van der Waals surface area contributed by atoms with Crippen molar-refractivity contribution in [3.63, 3.8) is 0 Å². The van der Waals surface area contributed by atoms with Gasteiger partial charge in [-0.05, 0) is 36.1 Å². The Bertz CT molecular complexity index is 252. The summed E-state index contributed by atoms with van der Waals surface area (Å²) < 4.78 is 1.18. The maximum absolute atomic E-state index is 5.86. The summed E-state index contributed by atoms with van der Waals surface area (Å²) >= 11 is 3.53. The second-order valence-electron chi connectivity index (χ2n) is 2.80. The molecule has 1 aromatic carbocycles. The number of nitrogens with two attached hydrogens (primary N) is 1. The second kappa shape index (κ2) is 3.94. The molecule has 0 heterocycles. The lowest BCUT2D eigenvalue weighted by molar-refractivity contribution is 1.03. The highest BCUT2D eigenvalue weighted by atomic mass is 79.9. The van der Waals surface area contributed by atoms with Gasteiger partial charge >= 0.3 is 0 Å². The van der Waals surface area contributed by atoms with Gasteiger partial charge in [-0.25, -0.2) is 0 Å². The third-order valence-electron chi connectivity index (χ3n) is 2.12. The topological polar surface area (TPSA) is 26.0 Å². The van der Waals surface area contributed by atoms with E-state index in [1.807, 2.05) is 12.1 Å². The SMILES string of the molecule is CCc1c(N)ccc(Br)c1CC. The number of benzene rings is 1. The maximum Gasteiger partial charge on any atom is 0.0350 e. The summed E-state index contributed by atoms with van der Waals surface area (Å²) in [6.45, 7) is 4.29. The smallest absolute Gasteiger partial charge is 0.0350 e. The van der Waals surface area contributed by atoms with Gasteiger partial charge in [-0.15, -0.1) is 0 Å². The Labute approximate surface area is 82.1 Å². The highest BCUT2D eigenvalue weighted by Crippen LogP contribution is 2.26. The molecule has 2 heteroatoms. The number of hydrogen-bond acceptors (Lipinski definition) is 1. The van der Waals surface area contributed by atoms with Gasteiger partial charge in [0.1, 0.15) is 0 Å². The van der Waals surface area contributed by atoms with Crippen LogP contribution in [0.5, 0.6) is 0 Å². The van der Waals surface area contributed by atoms with Crippen LogP contribution < -0.4 is 5.73 Å². The number of hydrogen-bond donors (Lipinski definition) is 1. The van der Waals surface area contributed by atoms with Crippen molar-refractivity contribution in [2.75, 3.05) is 5.73 Å². The van der Waals surface area contributed by atoms with Crippen molar-refractivity contribution in [3.05, 3.63) is 27.7 Å². The van der Waals surface area contributed by atoms with Crippen LogP contribution in [0.3, 0.4) is 0 Å². The molecular formula is C10H14BrN. The van der Waals surface area contributed by atoms with Crippen LogP contribution in [-0.2, 0) is 12.8 Å². The lowest BCUT2D eigenvalue weighted by Crippen LogP contribution is -1.98. The molecule has 0 spiro atoms. The fourth-order valence-corrected chi connectivity index (χ4v) is 2.13. The summed E-state index contributed by atoms with van der Waals surface area (Å²) in [6, 6.07) is 3.98. The zero-order valence-corrected chi connectivity index (χ0v) is 9.11. The van der Waals surface area contributed by atoms with E-state index in [4.69, 9.17) is 5.73 Å². The number of anilines is 1. The Hall–Kier alpha value is -0.500. The molecule has 0 unspecified atom stereocenters. The largest absolute Gasteiger partial charge is 0.398 e. The molecule has 0 radical (unpaired) electrons. The van der Waals surface area contributed by atoms with Gasteiger partial charge in [0.15, 0.2) is 0 Å². The van der Waals surface area contributed by atoms with Gasteiger partial charge in [0.05, 0.1) is 0 Å². The van der Waals surface area contributed by atoms with Crippen molar-refractivity contribution in [1.82, 2.24) is 0 Å². The van der Waals surface area contributed by atoms with E-state index in [2.05, 4.69) is 29.8 Å². The standard InChI is InChI=1S/C10H14BrN/c1-3-7-8(4-2)10(12)6-5-9(7)11/h5-6H,3-4,12H2,1-2H3. The molecule has 0 saturated heterocycles. The zero-order valence-electron chi connectivity index (χ0n) is 7.52. The van der Waals surface area contributed by atoms with Crippen LogP contribution in [0.25, 0.3) is 0 Å². The van der Waals surface area contributed by atoms with Crippen molar-refractivity contribution in [3.8, 4) is 0 Å². The Balaban J connectivity index is 3.28. The Morgan fingerprint density at radius 3 is 2.17 bits per heavy atom. The molecule has 2 N–H and O–H groups in total. The van der Waals surface area contributed by atoms with Crippen LogP contribution in [-0.4, -0.2) is 0 Å². The van der Waals surface area contributed by atoms with E-state index in [1.54, 1.807) is 0 Å². The molecule has 12 heavy (non-hydrogen) atoms. The Kier molecular flexibility index (Phi) is 3.15. The van der Waals surface area contributed by atoms with E-state index in [-0.39, 0.29) is 0 Å². The monoisotopic (exact) mass is 227 g/mol. The summed E-state index contributed by atoms with van der Waals surface area (Å²) in [6.07, 6.45) is 2.04. The van der Waals surface area contributed by atoms with Gasteiger partial charge in [0.25, 0.3) is 0 Å². The van der Waals surface area contributed by atoms with Gasteiger partial charge in [-0.2, -0.15) is 0 Å². The number of halogens is 1. The maximum atomic E-state index is 5.86. The van der Waals surface area contributed by atoms with Gasteiger partial charge in [-0.1, -0.05) is 29.8 Å². The number of nitrogen functional groups attached to an aromatic ring is 1. The van der Waals surface area contributed by atoms with Crippen LogP contribution in [0, 0.1) is 0 Å². The summed E-state index contributed by atoms with van der Waals surface area (Å²) in [4.78, 5) is 0. The van der Waals surface area contributed by atoms with Crippen molar-refractivity contribution in [1.29, 1.82) is 0 Å². The molecule has 0 saturated carbocycles. The molecule has 1 rings (SSSR count). The third kappa shape index (κ3) is 1.63. The molecule has 1 aromatic rings. The van der Waals surface area contributed by atoms with E-state index in [1.165, 1.54) is 15.6 Å². The zero-order chi connectivity index (χ0) is 9.14. The first-order chi connectivity index (χ1) is 5.70. The normalized spacial score (nSPS) is 10.2. The lowest BCUT2D eigenvalue weighted by Gasteiger charge is -2.10. The minimum absolute atomic E-state index is 0.914. The number of rotatable bonds is 2. The molecule has 0 aromatic heterocycles. The highest BCUT2D eigenvalue weighted by Gasteiger charge is 2.06. The van der Waals surface area contributed by atoms with E-state index in [0.29, 0.717) is 0 Å². The third-order valence-corrected chi connectivity index (χ3v) is 2.86. The first-order valence-corrected chi connectivity index (χ1v) is 5.05. The van der Waals surface area contributed by atoms with E-state index < -0.39 is 0 Å². The molecule has 0 amide bonds. The summed E-state index contributed by atoms with van der Waals surface area (Å²) in [5.41, 5.74) is 9.40. The summed E-state index contributed by atoms with van der Waals surface area (Å²) in [5, 5.41) is 0. The van der Waals surface area contributed by atoms with Crippen molar-refractivity contribution in [2.45, 2.75) is 26.7 Å². The van der Waals surface area contributed by atoms with Crippen LogP contribution in [0.2, 0.25) is 0 Å².